The molecule has 25 heavy (non-hydrogen) atoms. The van der Waals surface area contributed by atoms with Crippen molar-refractivity contribution in [1.82, 2.24) is 4.98 Å². The summed E-state index contributed by atoms with van der Waals surface area (Å²) < 4.78 is 11.2. The zero-order chi connectivity index (χ0) is 17.6. The van der Waals surface area contributed by atoms with Gasteiger partial charge >= 0.3 is 0 Å². The molecule has 0 bridgehead atoms. The molecular formula is C19H13Cl2NO3. The Morgan fingerprint density at radius 3 is 2.80 bits per heavy atom. The van der Waals surface area contributed by atoms with Gasteiger partial charge in [-0.3, -0.25) is 9.78 Å². The van der Waals surface area contributed by atoms with Gasteiger partial charge in [0.05, 0.1) is 10.0 Å². The first kappa shape index (κ1) is 17.3. The molecule has 0 aliphatic rings. The standard InChI is InChI=1S/C19H13Cl2NO3/c20-17-7-5-15(10-18(17)21)24-12-16-4-3-14(25-16)6-8-19(23)13-2-1-9-22-11-13/h1-11H,12H2/b8-6+. The van der Waals surface area contributed by atoms with Gasteiger partial charge in [-0.25, -0.2) is 0 Å². The Hall–Kier alpha value is -2.56. The molecule has 3 aromatic rings. The van der Waals surface area contributed by atoms with E-state index in [2.05, 4.69) is 4.98 Å². The van der Waals surface area contributed by atoms with E-state index in [0.29, 0.717) is 32.9 Å². The number of aromatic nitrogens is 1. The fourth-order valence-electron chi connectivity index (χ4n) is 2.05. The molecule has 6 heteroatoms. The predicted molar refractivity (Wildman–Crippen MR) is 97.1 cm³/mol. The zero-order valence-electron chi connectivity index (χ0n) is 13.0. The van der Waals surface area contributed by atoms with Crippen LogP contribution in [0.1, 0.15) is 21.9 Å². The van der Waals surface area contributed by atoms with E-state index in [9.17, 15) is 4.79 Å². The van der Waals surface area contributed by atoms with Crippen LogP contribution in [0.2, 0.25) is 10.0 Å². The number of nitrogens with zero attached hydrogens (tertiary/aromatic N) is 1. The van der Waals surface area contributed by atoms with E-state index in [1.165, 1.54) is 12.3 Å². The van der Waals surface area contributed by atoms with Crippen molar-refractivity contribution < 1.29 is 13.9 Å². The molecule has 0 radical (unpaired) electrons. The third-order valence-corrected chi connectivity index (χ3v) is 4.04. The van der Waals surface area contributed by atoms with Crippen molar-refractivity contribution in [3.05, 3.63) is 88.1 Å². The van der Waals surface area contributed by atoms with Gasteiger partial charge in [0.15, 0.2) is 5.78 Å². The number of hydrogen-bond donors (Lipinski definition) is 0. The number of ketones is 1. The van der Waals surface area contributed by atoms with Gasteiger partial charge in [-0.15, -0.1) is 0 Å². The van der Waals surface area contributed by atoms with Crippen molar-refractivity contribution in [3.8, 4) is 5.75 Å². The van der Waals surface area contributed by atoms with Crippen LogP contribution in [-0.2, 0) is 6.61 Å². The van der Waals surface area contributed by atoms with Crippen LogP contribution >= 0.6 is 23.2 Å². The van der Waals surface area contributed by atoms with Gasteiger partial charge in [-0.1, -0.05) is 23.2 Å². The molecule has 0 fully saturated rings. The SMILES string of the molecule is O=C(/C=C/c1ccc(COc2ccc(Cl)c(Cl)c2)o1)c1cccnc1. The second-order valence-corrected chi connectivity index (χ2v) is 5.92. The molecule has 0 aliphatic carbocycles. The molecule has 2 aromatic heterocycles. The Kier molecular flexibility index (Phi) is 5.53. The van der Waals surface area contributed by atoms with Crippen LogP contribution in [0.3, 0.4) is 0 Å². The summed E-state index contributed by atoms with van der Waals surface area (Å²) in [6.45, 7) is 0.238. The van der Waals surface area contributed by atoms with Gasteiger partial charge < -0.3 is 9.15 Å². The maximum Gasteiger partial charge on any atom is 0.187 e. The molecule has 2 heterocycles. The van der Waals surface area contributed by atoms with E-state index >= 15 is 0 Å². The molecule has 0 aliphatic heterocycles. The highest BCUT2D eigenvalue weighted by Gasteiger charge is 2.05. The summed E-state index contributed by atoms with van der Waals surface area (Å²) in [7, 11) is 0. The number of allylic oxidation sites excluding steroid dienone is 1. The topological polar surface area (TPSA) is 52.3 Å². The van der Waals surface area contributed by atoms with Crippen LogP contribution in [0, 0.1) is 0 Å². The summed E-state index contributed by atoms with van der Waals surface area (Å²) in [4.78, 5) is 15.9. The normalized spacial score (nSPS) is 11.0. The molecule has 0 spiro atoms. The minimum absolute atomic E-state index is 0.141. The third-order valence-electron chi connectivity index (χ3n) is 3.30. The average Bonchev–Trinajstić information content (AvgIpc) is 3.09. The number of carbonyl (C=O) groups excluding carboxylic acids is 1. The molecule has 126 valence electrons. The quantitative estimate of drug-likeness (QED) is 0.425. The molecule has 0 saturated carbocycles. The Balaban J connectivity index is 1.59. The second kappa shape index (κ2) is 8.01. The lowest BCUT2D eigenvalue weighted by molar-refractivity contribution is 0.104. The molecule has 0 N–H and O–H groups in total. The second-order valence-electron chi connectivity index (χ2n) is 5.11. The van der Waals surface area contributed by atoms with Crippen molar-refractivity contribution in [3.63, 3.8) is 0 Å². The Labute approximate surface area is 154 Å². The molecule has 0 atom stereocenters. The number of rotatable bonds is 6. The molecule has 3 rings (SSSR count). The highest BCUT2D eigenvalue weighted by molar-refractivity contribution is 6.42. The molecule has 0 unspecified atom stereocenters. The fourth-order valence-corrected chi connectivity index (χ4v) is 2.33. The van der Waals surface area contributed by atoms with Crippen molar-refractivity contribution in [2.75, 3.05) is 0 Å². The summed E-state index contributed by atoms with van der Waals surface area (Å²) in [5, 5.41) is 0.897. The van der Waals surface area contributed by atoms with Crippen molar-refractivity contribution in [2.24, 2.45) is 0 Å². The van der Waals surface area contributed by atoms with Gasteiger partial charge in [0.1, 0.15) is 23.9 Å². The number of halogens is 2. The fraction of sp³-hybridized carbons (Fsp3) is 0.0526. The van der Waals surface area contributed by atoms with Gasteiger partial charge in [-0.05, 0) is 48.6 Å². The van der Waals surface area contributed by atoms with Crippen molar-refractivity contribution in [1.29, 1.82) is 0 Å². The lowest BCUT2D eigenvalue weighted by atomic mass is 10.2. The van der Waals surface area contributed by atoms with Crippen LogP contribution in [-0.4, -0.2) is 10.8 Å². The number of carbonyl (C=O) groups is 1. The maximum atomic E-state index is 12.0. The summed E-state index contributed by atoms with van der Waals surface area (Å²) in [5.41, 5.74) is 0.522. The Morgan fingerprint density at radius 2 is 2.04 bits per heavy atom. The number of furan rings is 1. The van der Waals surface area contributed by atoms with Crippen molar-refractivity contribution in [2.45, 2.75) is 6.61 Å². The van der Waals surface area contributed by atoms with Crippen molar-refractivity contribution >= 4 is 35.1 Å². The Morgan fingerprint density at radius 1 is 1.16 bits per heavy atom. The zero-order valence-corrected chi connectivity index (χ0v) is 14.5. The monoisotopic (exact) mass is 373 g/mol. The van der Waals surface area contributed by atoms with Gasteiger partial charge in [0, 0.05) is 24.0 Å². The number of ether oxygens (including phenoxy) is 1. The minimum atomic E-state index is -0.141. The number of benzene rings is 1. The molecule has 0 saturated heterocycles. The third kappa shape index (κ3) is 4.72. The van der Waals surface area contributed by atoms with Crippen LogP contribution in [0.5, 0.6) is 5.75 Å². The van der Waals surface area contributed by atoms with Crippen LogP contribution in [0.25, 0.3) is 6.08 Å². The van der Waals surface area contributed by atoms with Crippen LogP contribution in [0.4, 0.5) is 0 Å². The van der Waals surface area contributed by atoms with E-state index < -0.39 is 0 Å². The van der Waals surface area contributed by atoms with E-state index in [0.717, 1.165) is 0 Å². The lowest BCUT2D eigenvalue weighted by Gasteiger charge is -2.05. The number of hydrogen-bond acceptors (Lipinski definition) is 4. The largest absolute Gasteiger partial charge is 0.486 e. The first-order valence-electron chi connectivity index (χ1n) is 7.41. The predicted octanol–water partition coefficient (Wildman–Crippen LogP) is 5.46. The lowest BCUT2D eigenvalue weighted by Crippen LogP contribution is -1.94. The first-order valence-corrected chi connectivity index (χ1v) is 8.16. The van der Waals surface area contributed by atoms with Gasteiger partial charge in [0.25, 0.3) is 0 Å². The van der Waals surface area contributed by atoms with E-state index in [4.69, 9.17) is 32.4 Å². The van der Waals surface area contributed by atoms with Gasteiger partial charge in [0.2, 0.25) is 0 Å². The smallest absolute Gasteiger partial charge is 0.187 e. The van der Waals surface area contributed by atoms with Crippen LogP contribution < -0.4 is 4.74 Å². The van der Waals surface area contributed by atoms with Gasteiger partial charge in [-0.2, -0.15) is 0 Å². The highest BCUT2D eigenvalue weighted by atomic mass is 35.5. The maximum absolute atomic E-state index is 12.0. The highest BCUT2D eigenvalue weighted by Crippen LogP contribution is 2.27. The summed E-state index contributed by atoms with van der Waals surface area (Å²) >= 11 is 11.8. The minimum Gasteiger partial charge on any atom is -0.486 e. The first-order chi connectivity index (χ1) is 12.1. The average molecular weight is 374 g/mol. The van der Waals surface area contributed by atoms with E-state index in [1.807, 2.05) is 0 Å². The molecular weight excluding hydrogens is 361 g/mol. The van der Waals surface area contributed by atoms with Crippen LogP contribution in [0.15, 0.2) is 65.4 Å². The van der Waals surface area contributed by atoms with E-state index in [1.54, 1.807) is 54.7 Å². The van der Waals surface area contributed by atoms with E-state index in [-0.39, 0.29) is 12.4 Å². The Bertz CT molecular complexity index is 904. The summed E-state index contributed by atoms with van der Waals surface area (Å²) in [5.74, 6) is 1.64. The number of pyridine rings is 1. The molecule has 1 aromatic carbocycles. The molecule has 0 amide bonds. The summed E-state index contributed by atoms with van der Waals surface area (Å²) in [6.07, 6.45) is 6.19. The summed E-state index contributed by atoms with van der Waals surface area (Å²) in [6, 6.07) is 12.0. The molecule has 4 nitrogen and oxygen atoms in total.